The number of benzene rings is 2. The third-order valence-corrected chi connectivity index (χ3v) is 5.02. The summed E-state index contributed by atoms with van der Waals surface area (Å²) in [6.07, 6.45) is -2.88. The van der Waals surface area contributed by atoms with Gasteiger partial charge in [0.05, 0.1) is 0 Å². The molecule has 0 aliphatic carbocycles. The van der Waals surface area contributed by atoms with E-state index < -0.39 is 11.7 Å². The highest BCUT2D eigenvalue weighted by molar-refractivity contribution is 5.63. The lowest BCUT2D eigenvalue weighted by Gasteiger charge is -2.23. The molecule has 7 heteroatoms. The maximum atomic E-state index is 13.6. The summed E-state index contributed by atoms with van der Waals surface area (Å²) in [5.74, 6) is 0.0532. The van der Waals surface area contributed by atoms with Crippen molar-refractivity contribution in [1.29, 1.82) is 0 Å². The van der Waals surface area contributed by atoms with Crippen LogP contribution in [0.1, 0.15) is 42.9 Å². The van der Waals surface area contributed by atoms with Crippen LogP contribution in [0.2, 0.25) is 0 Å². The van der Waals surface area contributed by atoms with Gasteiger partial charge in [0, 0.05) is 18.9 Å². The van der Waals surface area contributed by atoms with Crippen molar-refractivity contribution in [3.63, 3.8) is 0 Å². The predicted molar refractivity (Wildman–Crippen MR) is 111 cm³/mol. The third-order valence-electron chi connectivity index (χ3n) is 5.02. The van der Waals surface area contributed by atoms with E-state index in [1.54, 1.807) is 13.1 Å². The molecule has 0 fully saturated rings. The molecule has 3 aromatic rings. The van der Waals surface area contributed by atoms with Gasteiger partial charge in [-0.25, -0.2) is 4.98 Å². The lowest BCUT2D eigenvalue weighted by atomic mass is 9.98. The highest BCUT2D eigenvalue weighted by Crippen LogP contribution is 2.38. The van der Waals surface area contributed by atoms with Crippen LogP contribution in [0.3, 0.4) is 0 Å². The molecule has 0 radical (unpaired) electrons. The number of anilines is 2. The van der Waals surface area contributed by atoms with Gasteiger partial charge in [-0.2, -0.15) is 18.2 Å². The molecule has 3 rings (SSSR count). The van der Waals surface area contributed by atoms with E-state index in [9.17, 15) is 13.2 Å². The Bertz CT molecular complexity index is 977. The molecule has 0 N–H and O–H groups in total. The zero-order chi connectivity index (χ0) is 21.7. The molecule has 4 nitrogen and oxygen atoms in total. The van der Waals surface area contributed by atoms with E-state index in [-0.39, 0.29) is 18.4 Å². The Morgan fingerprint density at radius 3 is 2.47 bits per heavy atom. The second kappa shape index (κ2) is 9.15. The quantitative estimate of drug-likeness (QED) is 0.450. The number of rotatable bonds is 7. The lowest BCUT2D eigenvalue weighted by molar-refractivity contribution is -0.137. The molecule has 158 valence electrons. The number of alkyl halides is 3. The van der Waals surface area contributed by atoms with Gasteiger partial charge in [-0.15, -0.1) is 0 Å². The summed E-state index contributed by atoms with van der Waals surface area (Å²) in [5, 5.41) is 0. The molecular formula is C23H24F3N3O. The van der Waals surface area contributed by atoms with Crippen molar-refractivity contribution in [1.82, 2.24) is 9.97 Å². The Kier molecular flexibility index (Phi) is 6.59. The Morgan fingerprint density at radius 2 is 1.80 bits per heavy atom. The maximum absolute atomic E-state index is 13.6. The zero-order valence-electron chi connectivity index (χ0n) is 17.1. The Morgan fingerprint density at radius 1 is 1.07 bits per heavy atom. The maximum Gasteiger partial charge on any atom is 0.421 e. The molecule has 0 amide bonds. The number of aromatic nitrogens is 2. The van der Waals surface area contributed by atoms with Gasteiger partial charge in [0.1, 0.15) is 12.2 Å². The summed E-state index contributed by atoms with van der Waals surface area (Å²) in [4.78, 5) is 9.30. The fourth-order valence-electron chi connectivity index (χ4n) is 3.00. The van der Waals surface area contributed by atoms with E-state index in [2.05, 4.69) is 23.8 Å². The van der Waals surface area contributed by atoms with Crippen molar-refractivity contribution >= 4 is 11.5 Å². The number of hydrogen-bond donors (Lipinski definition) is 0. The summed E-state index contributed by atoms with van der Waals surface area (Å²) in [5.41, 5.74) is 1.64. The fraction of sp³-hybridized carbons (Fsp3) is 0.304. The van der Waals surface area contributed by atoms with E-state index in [0.29, 0.717) is 11.6 Å². The monoisotopic (exact) mass is 415 g/mol. The topological polar surface area (TPSA) is 38.2 Å². The highest BCUT2D eigenvalue weighted by Gasteiger charge is 2.36. The van der Waals surface area contributed by atoms with Crippen LogP contribution in [0.4, 0.5) is 24.7 Å². The Balaban J connectivity index is 1.94. The standard InChI is InChI=1S/C23H24F3N3O/c1-4-16(2)18-11-8-12-19(13-18)29(3)21-20(23(24,25)26)14-27-22(28-21)30-15-17-9-6-5-7-10-17/h5-14,16H,4,15H2,1-3H3. The van der Waals surface area contributed by atoms with Crippen LogP contribution in [0.5, 0.6) is 6.01 Å². The number of nitrogens with zero attached hydrogens (tertiary/aromatic N) is 3. The minimum atomic E-state index is -4.59. The van der Waals surface area contributed by atoms with Crippen LogP contribution in [-0.2, 0) is 12.8 Å². The van der Waals surface area contributed by atoms with Gasteiger partial charge in [0.15, 0.2) is 5.82 Å². The number of hydrogen-bond acceptors (Lipinski definition) is 4. The largest absolute Gasteiger partial charge is 0.459 e. The van der Waals surface area contributed by atoms with Gasteiger partial charge in [-0.1, -0.05) is 56.3 Å². The van der Waals surface area contributed by atoms with Gasteiger partial charge >= 0.3 is 12.2 Å². The van der Waals surface area contributed by atoms with Crippen LogP contribution in [0.15, 0.2) is 60.8 Å². The second-order valence-corrected chi connectivity index (χ2v) is 7.13. The van der Waals surface area contributed by atoms with Gasteiger partial charge in [0.25, 0.3) is 0 Å². The van der Waals surface area contributed by atoms with Crippen molar-refractivity contribution in [3.8, 4) is 6.01 Å². The molecule has 0 aliphatic rings. The zero-order valence-corrected chi connectivity index (χ0v) is 17.1. The average molecular weight is 415 g/mol. The summed E-state index contributed by atoms with van der Waals surface area (Å²) < 4.78 is 46.4. The smallest absolute Gasteiger partial charge is 0.421 e. The molecular weight excluding hydrogens is 391 g/mol. The normalized spacial score (nSPS) is 12.5. The van der Waals surface area contributed by atoms with E-state index in [0.717, 1.165) is 23.7 Å². The predicted octanol–water partition coefficient (Wildman–Crippen LogP) is 6.36. The molecule has 0 saturated carbocycles. The first kappa shape index (κ1) is 21.6. The molecule has 0 bridgehead atoms. The molecule has 1 unspecified atom stereocenters. The number of halogens is 3. The summed E-state index contributed by atoms with van der Waals surface area (Å²) in [6, 6.07) is 16.7. The van der Waals surface area contributed by atoms with Crippen LogP contribution in [-0.4, -0.2) is 17.0 Å². The van der Waals surface area contributed by atoms with Crippen LogP contribution in [0, 0.1) is 0 Å². The van der Waals surface area contributed by atoms with Crippen molar-refractivity contribution in [3.05, 3.63) is 77.5 Å². The minimum Gasteiger partial charge on any atom is -0.459 e. The number of ether oxygens (including phenoxy) is 1. The van der Waals surface area contributed by atoms with Gasteiger partial charge in [-0.3, -0.25) is 0 Å². The van der Waals surface area contributed by atoms with E-state index in [1.165, 1.54) is 4.90 Å². The average Bonchev–Trinajstić information content (AvgIpc) is 2.76. The van der Waals surface area contributed by atoms with Crippen molar-refractivity contribution in [2.45, 2.75) is 39.0 Å². The van der Waals surface area contributed by atoms with Crippen molar-refractivity contribution in [2.75, 3.05) is 11.9 Å². The van der Waals surface area contributed by atoms with Gasteiger partial charge in [0.2, 0.25) is 0 Å². The molecule has 0 aliphatic heterocycles. The molecule has 1 atom stereocenters. The van der Waals surface area contributed by atoms with E-state index >= 15 is 0 Å². The first-order valence-electron chi connectivity index (χ1n) is 9.74. The molecule has 30 heavy (non-hydrogen) atoms. The summed E-state index contributed by atoms with van der Waals surface area (Å²) in [7, 11) is 1.56. The first-order chi connectivity index (χ1) is 14.3. The first-order valence-corrected chi connectivity index (χ1v) is 9.74. The molecule has 0 saturated heterocycles. The van der Waals surface area contributed by atoms with Gasteiger partial charge in [-0.05, 0) is 35.6 Å². The minimum absolute atomic E-state index is 0.105. The summed E-state index contributed by atoms with van der Waals surface area (Å²) in [6.45, 7) is 4.32. The molecule has 1 aromatic heterocycles. The summed E-state index contributed by atoms with van der Waals surface area (Å²) >= 11 is 0. The van der Waals surface area contributed by atoms with Crippen LogP contribution in [0.25, 0.3) is 0 Å². The third kappa shape index (κ3) is 5.09. The van der Waals surface area contributed by atoms with E-state index in [1.807, 2.05) is 48.5 Å². The Hall–Kier alpha value is -3.09. The SMILES string of the molecule is CCC(C)c1cccc(N(C)c2nc(OCc3ccccc3)ncc2C(F)(F)F)c1. The molecule has 0 spiro atoms. The van der Waals surface area contributed by atoms with Crippen molar-refractivity contribution < 1.29 is 17.9 Å². The highest BCUT2D eigenvalue weighted by atomic mass is 19.4. The fourth-order valence-corrected chi connectivity index (χ4v) is 3.00. The molecule has 2 aromatic carbocycles. The van der Waals surface area contributed by atoms with Crippen LogP contribution < -0.4 is 9.64 Å². The van der Waals surface area contributed by atoms with Crippen molar-refractivity contribution in [2.24, 2.45) is 0 Å². The van der Waals surface area contributed by atoms with Crippen LogP contribution >= 0.6 is 0 Å². The van der Waals surface area contributed by atoms with E-state index in [4.69, 9.17) is 4.74 Å². The Labute approximate surface area is 174 Å². The van der Waals surface area contributed by atoms with Gasteiger partial charge < -0.3 is 9.64 Å². The second-order valence-electron chi connectivity index (χ2n) is 7.13. The molecule has 1 heterocycles. The lowest BCUT2D eigenvalue weighted by Crippen LogP contribution is -2.19.